The summed E-state index contributed by atoms with van der Waals surface area (Å²) in [7, 11) is 5.33. The first-order chi connectivity index (χ1) is 60.2. The van der Waals surface area contributed by atoms with Crippen LogP contribution in [0.1, 0.15) is 95.9 Å². The van der Waals surface area contributed by atoms with Gasteiger partial charge in [-0.2, -0.15) is 25.5 Å². The Morgan fingerprint density at radius 3 is 1.11 bits per heavy atom. The number of nitrogens with zero attached hydrogens (tertiary/aromatic N) is 11. The number of ether oxygens (including phenoxy) is 4. The van der Waals surface area contributed by atoms with Gasteiger partial charge in [0.1, 0.15) is 34.6 Å². The second kappa shape index (κ2) is 44.8. The average molecular weight is 2060 g/mol. The summed E-state index contributed by atoms with van der Waals surface area (Å²) < 4.78 is 36.1. The number of para-hydroxylation sites is 1. The molecule has 10 aromatic carbocycles. The third-order valence-electron chi connectivity index (χ3n) is 21.1. The van der Waals surface area contributed by atoms with Crippen molar-refractivity contribution in [2.45, 2.75) is 118 Å². The molecule has 17 aromatic rings. The van der Waals surface area contributed by atoms with Crippen LogP contribution in [0.25, 0.3) is 72.6 Å². The van der Waals surface area contributed by atoms with Crippen molar-refractivity contribution in [2.24, 2.45) is 0 Å². The van der Waals surface area contributed by atoms with E-state index < -0.39 is 7.12 Å². The monoisotopic (exact) mass is 2050 g/mol. The van der Waals surface area contributed by atoms with Crippen molar-refractivity contribution in [2.75, 3.05) is 28.4 Å². The van der Waals surface area contributed by atoms with Crippen molar-refractivity contribution in [1.82, 2.24) is 58.9 Å². The molecule has 0 atom stereocenters. The van der Waals surface area contributed by atoms with E-state index in [1.54, 1.807) is 40.6 Å². The quantitative estimate of drug-likeness (QED) is 0.0662. The maximum atomic E-state index is 9.71. The third-order valence-corrected chi connectivity index (χ3v) is 25.7. The maximum absolute atomic E-state index is 9.71. The van der Waals surface area contributed by atoms with Crippen LogP contribution in [0.3, 0.4) is 0 Å². The first-order valence-corrected chi connectivity index (χ1v) is 44.9. The normalized spacial score (nSPS) is 10.6. The number of fused-ring (bicyclic) bond motifs is 3. The number of rotatable bonds is 12. The predicted molar refractivity (Wildman–Crippen MR) is 537 cm³/mol. The topological polar surface area (TPSA) is 215 Å². The minimum Gasteiger partial charge on any atom is -0.508 e. The number of phenolic OH excluding ortho intramolecular Hbond substituents is 1. The van der Waals surface area contributed by atoms with Crippen LogP contribution in [0.15, 0.2) is 255 Å². The standard InChI is InChI=1S/C20H22N2O.C19H20N2O.C18H13BrN2.2C12H13BrN2O.C8H11BO2.C7H7IO.C5H7BrN2/c1-13-8-6-9-14(2)19(13)20-15(3)21-22(16(20)4)17-10-7-11-18(12-17)23-5;1-12-7-5-8-13(2)18(12)19-14(3)20-21(15(19)4)16-9-6-10-17(22)11-16;1-12-8-9-20-18(10-12)21-16-5-3-2-4-14(16)15-7-6-13(19)11-17(15)21;2*1-8-12(13)9(2)15(14-8)10-5-4-6-11(7-10)16-3;1-6-4-3-5-7(2)8(6)9(10)11;1-9-7-4-2-3-6(8)5-7;1-3-5(6)4(2)8-7-3/h6-12H,1-5H3;5-11,22H,1-4H3;2-11H,1H3;2*4-7H,1-3H3;3-5,10-11H,1-2H3;2-5H,1H3;1-2H3,(H,7,8). The van der Waals surface area contributed by atoms with Gasteiger partial charge in [0.05, 0.1) is 115 Å². The van der Waals surface area contributed by atoms with Crippen LogP contribution in [0.4, 0.5) is 0 Å². The van der Waals surface area contributed by atoms with Gasteiger partial charge in [-0.15, -0.1) is 0 Å². The molecule has 0 saturated heterocycles. The van der Waals surface area contributed by atoms with E-state index in [-0.39, 0.29) is 5.75 Å². The van der Waals surface area contributed by atoms with Crippen LogP contribution in [-0.2, 0) is 0 Å². The highest BCUT2D eigenvalue weighted by atomic mass is 127. The van der Waals surface area contributed by atoms with E-state index in [2.05, 4.69) is 268 Å². The summed E-state index contributed by atoms with van der Waals surface area (Å²) in [5.74, 6) is 4.63. The van der Waals surface area contributed by atoms with Crippen molar-refractivity contribution in [3.05, 3.63) is 354 Å². The molecule has 0 aliphatic heterocycles. The fourth-order valence-corrected chi connectivity index (χ4v) is 16.3. The fraction of sp³-hybridized carbons (Fsp3) is 0.208. The summed E-state index contributed by atoms with van der Waals surface area (Å²) in [6, 6.07) is 76.2. The molecule has 0 fully saturated rings. The molecule has 0 spiro atoms. The van der Waals surface area contributed by atoms with Gasteiger partial charge in [-0.3, -0.25) is 9.67 Å². The van der Waals surface area contributed by atoms with Gasteiger partial charge in [0.15, 0.2) is 0 Å². The Labute approximate surface area is 786 Å². The lowest BCUT2D eigenvalue weighted by Gasteiger charge is -2.11. The number of hydrogen-bond acceptors (Lipinski definition) is 13. The molecular formula is C101H106BBr4IN12O7. The summed E-state index contributed by atoms with van der Waals surface area (Å²) in [5, 5.41) is 55.3. The molecule has 25 heteroatoms. The van der Waals surface area contributed by atoms with Gasteiger partial charge in [0, 0.05) is 77.5 Å². The third kappa shape index (κ3) is 23.7. The molecule has 0 amide bonds. The first kappa shape index (κ1) is 97.0. The van der Waals surface area contributed by atoms with E-state index >= 15 is 0 Å². The minimum absolute atomic E-state index is 0.249. The molecule has 19 nitrogen and oxygen atoms in total. The molecular weight excluding hydrogens is 1950 g/mol. The molecule has 4 N–H and O–H groups in total. The molecule has 0 saturated carbocycles. The number of nitrogens with one attached hydrogen (secondary N) is 1. The largest absolute Gasteiger partial charge is 0.508 e. The highest BCUT2D eigenvalue weighted by Gasteiger charge is 2.22. The number of pyridine rings is 1. The Morgan fingerprint density at radius 2 is 0.746 bits per heavy atom. The Morgan fingerprint density at radius 1 is 0.357 bits per heavy atom. The molecule has 7 heterocycles. The lowest BCUT2D eigenvalue weighted by atomic mass is 9.74. The summed E-state index contributed by atoms with van der Waals surface area (Å²) >= 11 is 16.2. The number of hydrogen-bond donors (Lipinski definition) is 4. The molecule has 0 aliphatic rings. The maximum Gasteiger partial charge on any atom is 0.488 e. The second-order valence-corrected chi connectivity index (χ2v) is 34.7. The van der Waals surface area contributed by atoms with E-state index in [0.717, 1.165) is 138 Å². The van der Waals surface area contributed by atoms with Crippen LogP contribution in [0.2, 0.25) is 0 Å². The Bertz CT molecular complexity index is 6450. The predicted octanol–water partition coefficient (Wildman–Crippen LogP) is 25.1. The second-order valence-electron chi connectivity index (χ2n) is 30.2. The molecule has 0 bridgehead atoms. The number of halogens is 5. The smallest absolute Gasteiger partial charge is 0.488 e. The first-order valence-electron chi connectivity index (χ1n) is 40.6. The van der Waals surface area contributed by atoms with Crippen molar-refractivity contribution in [3.8, 4) is 79.6 Å². The van der Waals surface area contributed by atoms with E-state index in [4.69, 9.17) is 34.1 Å². The van der Waals surface area contributed by atoms with Gasteiger partial charge in [-0.1, -0.05) is 136 Å². The molecule has 126 heavy (non-hydrogen) atoms. The van der Waals surface area contributed by atoms with Crippen LogP contribution in [0, 0.1) is 121 Å². The molecule has 0 aliphatic carbocycles. The van der Waals surface area contributed by atoms with Crippen molar-refractivity contribution >= 4 is 121 Å². The number of phenols is 1. The molecule has 0 unspecified atom stereocenters. The van der Waals surface area contributed by atoms with Gasteiger partial charge in [-0.05, 0) is 330 Å². The lowest BCUT2D eigenvalue weighted by Crippen LogP contribution is -2.34. The highest BCUT2D eigenvalue weighted by Crippen LogP contribution is 2.38. The zero-order valence-corrected chi connectivity index (χ0v) is 83.4. The van der Waals surface area contributed by atoms with Gasteiger partial charge in [0.2, 0.25) is 0 Å². The Hall–Kier alpha value is -11.2. The number of methoxy groups -OCH3 is 4. The molecule has 17 rings (SSSR count). The SMILES string of the molecule is COc1cccc(-n2nc(C)c(-c3c(C)cccc3C)c2C)c1.COc1cccc(-n2nc(C)c(Br)c2C)c1.COc1cccc(-n2nc(C)c(Br)c2C)c1.COc1cccc(I)c1.Cc1cccc(C)c1-c1c(C)nn(-c2cccc(O)c2)c1C.Cc1cccc(C)c1B(O)O.Cc1ccnc(-n2c3ccccc3c3ccc(Br)cc32)c1.Cc1n[nH]c(C)c1Br. The fourth-order valence-electron chi connectivity index (χ4n) is 14.7. The van der Waals surface area contributed by atoms with Crippen LogP contribution in [-0.4, -0.2) is 110 Å². The van der Waals surface area contributed by atoms with Crippen LogP contribution < -0.4 is 24.4 Å². The van der Waals surface area contributed by atoms with Gasteiger partial charge in [-0.25, -0.2) is 23.7 Å². The van der Waals surface area contributed by atoms with E-state index in [9.17, 15) is 5.11 Å². The summed E-state index contributed by atoms with van der Waals surface area (Å²) in [6.45, 7) is 34.7. The highest BCUT2D eigenvalue weighted by molar-refractivity contribution is 14.1. The molecule has 7 aromatic heterocycles. The number of aryl methyl sites for hydroxylation is 13. The lowest BCUT2D eigenvalue weighted by molar-refractivity contribution is 0.414. The Kier molecular flexibility index (Phi) is 34.5. The van der Waals surface area contributed by atoms with Gasteiger partial charge < -0.3 is 34.1 Å². The van der Waals surface area contributed by atoms with E-state index in [1.807, 2.05) is 215 Å². The minimum atomic E-state index is -1.35. The van der Waals surface area contributed by atoms with Crippen molar-refractivity contribution in [3.63, 3.8) is 0 Å². The number of aromatic nitrogens is 12. The number of aromatic hydroxyl groups is 1. The summed E-state index contributed by atoms with van der Waals surface area (Å²) in [6.07, 6.45) is 1.86. The van der Waals surface area contributed by atoms with E-state index in [1.165, 1.54) is 75.4 Å². The zero-order valence-electron chi connectivity index (χ0n) is 74.9. The number of aromatic amines is 1. The zero-order chi connectivity index (χ0) is 91.5. The summed E-state index contributed by atoms with van der Waals surface area (Å²) in [4.78, 5) is 4.56. The van der Waals surface area contributed by atoms with Gasteiger partial charge in [0.25, 0.3) is 0 Å². The molecule has 650 valence electrons. The van der Waals surface area contributed by atoms with Crippen molar-refractivity contribution in [1.29, 1.82) is 0 Å². The van der Waals surface area contributed by atoms with Gasteiger partial charge >= 0.3 is 7.12 Å². The Balaban J connectivity index is 0.000000154. The van der Waals surface area contributed by atoms with Crippen LogP contribution >= 0.6 is 86.3 Å². The summed E-state index contributed by atoms with van der Waals surface area (Å²) in [5.41, 5.74) is 30.4. The van der Waals surface area contributed by atoms with E-state index in [0.29, 0.717) is 5.46 Å². The molecule has 0 radical (unpaired) electrons. The van der Waals surface area contributed by atoms with Crippen LogP contribution in [0.5, 0.6) is 28.7 Å². The van der Waals surface area contributed by atoms with Crippen molar-refractivity contribution < 1.29 is 34.1 Å². The number of H-pyrrole nitrogens is 1. The number of benzene rings is 10. The average Bonchev–Trinajstić information content (AvgIpc) is 1.59.